The zero-order chi connectivity index (χ0) is 7.28. The summed E-state index contributed by atoms with van der Waals surface area (Å²) in [5, 5.41) is 8.47. The molecule has 0 radical (unpaired) electrons. The lowest BCUT2D eigenvalue weighted by atomic mass is 10.3. The molecule has 2 heteroatoms. The molecule has 0 unspecified atom stereocenters. The third-order valence-electron chi connectivity index (χ3n) is 1.55. The molecule has 2 nitrogen and oxygen atoms in total. The molecular weight excluding hydrogens is 114 g/mol. The Hall–Kier alpha value is -0.0800. The molecule has 0 aliphatic carbocycles. The van der Waals surface area contributed by atoms with Gasteiger partial charge in [-0.05, 0) is 27.3 Å². The zero-order valence-electron chi connectivity index (χ0n) is 6.59. The summed E-state index contributed by atoms with van der Waals surface area (Å²) in [6.45, 7) is 5.60. The van der Waals surface area contributed by atoms with Crippen LogP contribution in [0.15, 0.2) is 0 Å². The second kappa shape index (κ2) is 4.77. The quantitative estimate of drug-likeness (QED) is 0.607. The van der Waals surface area contributed by atoms with Crippen molar-refractivity contribution in [1.82, 2.24) is 4.90 Å². The molecule has 0 atom stereocenters. The number of aliphatic hydroxyl groups excluding tert-OH is 1. The molecule has 0 saturated heterocycles. The van der Waals surface area contributed by atoms with Crippen molar-refractivity contribution in [2.75, 3.05) is 20.2 Å². The van der Waals surface area contributed by atoms with Crippen LogP contribution in [0.3, 0.4) is 0 Å². The molecule has 0 aliphatic heterocycles. The standard InChI is InChI=1S/C7H17NO/c1-7(2)8(3)5-4-6-9/h7,9H,4-6H2,1-3H3. The summed E-state index contributed by atoms with van der Waals surface area (Å²) in [4.78, 5) is 2.22. The van der Waals surface area contributed by atoms with E-state index in [4.69, 9.17) is 5.11 Å². The Balaban J connectivity index is 3.16. The van der Waals surface area contributed by atoms with E-state index in [2.05, 4.69) is 25.8 Å². The van der Waals surface area contributed by atoms with Gasteiger partial charge < -0.3 is 10.0 Å². The minimum absolute atomic E-state index is 0.303. The Morgan fingerprint density at radius 3 is 2.33 bits per heavy atom. The van der Waals surface area contributed by atoms with E-state index in [1.807, 2.05) is 0 Å². The molecule has 0 aromatic heterocycles. The van der Waals surface area contributed by atoms with Gasteiger partial charge in [-0.2, -0.15) is 0 Å². The molecule has 0 bridgehead atoms. The van der Waals surface area contributed by atoms with Crippen LogP contribution < -0.4 is 0 Å². The fourth-order valence-corrected chi connectivity index (χ4v) is 0.578. The fourth-order valence-electron chi connectivity index (χ4n) is 0.578. The summed E-state index contributed by atoms with van der Waals surface area (Å²) in [5.41, 5.74) is 0. The van der Waals surface area contributed by atoms with E-state index in [1.165, 1.54) is 0 Å². The van der Waals surface area contributed by atoms with Gasteiger partial charge in [-0.15, -0.1) is 0 Å². The van der Waals surface area contributed by atoms with Gasteiger partial charge in [0.15, 0.2) is 0 Å². The van der Waals surface area contributed by atoms with Crippen molar-refractivity contribution in [1.29, 1.82) is 0 Å². The zero-order valence-corrected chi connectivity index (χ0v) is 6.59. The predicted octanol–water partition coefficient (Wildman–Crippen LogP) is 0.709. The first-order valence-corrected chi connectivity index (χ1v) is 3.49. The highest BCUT2D eigenvalue weighted by Gasteiger charge is 1.99. The van der Waals surface area contributed by atoms with Crippen LogP contribution >= 0.6 is 0 Å². The normalized spacial score (nSPS) is 11.3. The monoisotopic (exact) mass is 131 g/mol. The molecule has 0 fully saturated rings. The van der Waals surface area contributed by atoms with Crippen molar-refractivity contribution in [2.45, 2.75) is 26.3 Å². The second-order valence-electron chi connectivity index (χ2n) is 2.65. The molecule has 0 heterocycles. The van der Waals surface area contributed by atoms with Gasteiger partial charge in [0.1, 0.15) is 0 Å². The van der Waals surface area contributed by atoms with Crippen LogP contribution in [0.5, 0.6) is 0 Å². The minimum Gasteiger partial charge on any atom is -0.396 e. The Labute approximate surface area is 57.5 Å². The minimum atomic E-state index is 0.303. The van der Waals surface area contributed by atoms with Crippen molar-refractivity contribution in [3.05, 3.63) is 0 Å². The molecule has 0 saturated carbocycles. The number of hydrogen-bond acceptors (Lipinski definition) is 2. The molecule has 0 aliphatic rings. The highest BCUT2D eigenvalue weighted by Crippen LogP contribution is 1.93. The SMILES string of the molecule is CC(C)N(C)CCCO. The van der Waals surface area contributed by atoms with Crippen LogP contribution in [0.4, 0.5) is 0 Å². The van der Waals surface area contributed by atoms with E-state index >= 15 is 0 Å². The number of rotatable bonds is 4. The smallest absolute Gasteiger partial charge is 0.0443 e. The predicted molar refractivity (Wildman–Crippen MR) is 39.5 cm³/mol. The summed E-state index contributed by atoms with van der Waals surface area (Å²) in [7, 11) is 2.07. The van der Waals surface area contributed by atoms with Gasteiger partial charge in [-0.25, -0.2) is 0 Å². The van der Waals surface area contributed by atoms with Gasteiger partial charge in [-0.1, -0.05) is 0 Å². The Morgan fingerprint density at radius 2 is 2.00 bits per heavy atom. The lowest BCUT2D eigenvalue weighted by Gasteiger charge is -2.19. The third kappa shape index (κ3) is 4.43. The van der Waals surface area contributed by atoms with Gasteiger partial charge in [0.2, 0.25) is 0 Å². The van der Waals surface area contributed by atoms with E-state index in [1.54, 1.807) is 0 Å². The number of aliphatic hydroxyl groups is 1. The first-order chi connectivity index (χ1) is 4.18. The summed E-state index contributed by atoms with van der Waals surface area (Å²) < 4.78 is 0. The second-order valence-corrected chi connectivity index (χ2v) is 2.65. The van der Waals surface area contributed by atoms with Crippen LogP contribution in [0, 0.1) is 0 Å². The maximum atomic E-state index is 8.47. The van der Waals surface area contributed by atoms with Crippen LogP contribution in [0.2, 0.25) is 0 Å². The van der Waals surface area contributed by atoms with Crippen molar-refractivity contribution in [2.24, 2.45) is 0 Å². The molecule has 0 spiro atoms. The van der Waals surface area contributed by atoms with E-state index in [-0.39, 0.29) is 0 Å². The van der Waals surface area contributed by atoms with Crippen LogP contribution in [0.1, 0.15) is 20.3 Å². The summed E-state index contributed by atoms with van der Waals surface area (Å²) in [6.07, 6.45) is 0.884. The van der Waals surface area contributed by atoms with Crippen LogP contribution in [-0.4, -0.2) is 36.2 Å². The molecule has 0 rings (SSSR count). The molecular formula is C7H17NO. The Kier molecular flexibility index (Phi) is 4.72. The third-order valence-corrected chi connectivity index (χ3v) is 1.55. The summed E-state index contributed by atoms with van der Waals surface area (Å²) in [5.74, 6) is 0. The Morgan fingerprint density at radius 1 is 1.44 bits per heavy atom. The number of hydrogen-bond donors (Lipinski definition) is 1. The molecule has 56 valence electrons. The molecule has 0 aromatic rings. The lowest BCUT2D eigenvalue weighted by molar-refractivity contribution is 0.223. The molecule has 0 amide bonds. The van der Waals surface area contributed by atoms with Crippen LogP contribution in [0.25, 0.3) is 0 Å². The van der Waals surface area contributed by atoms with E-state index < -0.39 is 0 Å². The summed E-state index contributed by atoms with van der Waals surface area (Å²) >= 11 is 0. The van der Waals surface area contributed by atoms with Crippen molar-refractivity contribution in [3.8, 4) is 0 Å². The average molecular weight is 131 g/mol. The van der Waals surface area contributed by atoms with E-state index in [9.17, 15) is 0 Å². The van der Waals surface area contributed by atoms with Gasteiger partial charge >= 0.3 is 0 Å². The van der Waals surface area contributed by atoms with Crippen molar-refractivity contribution in [3.63, 3.8) is 0 Å². The first-order valence-electron chi connectivity index (χ1n) is 3.49. The molecule has 0 aromatic carbocycles. The maximum Gasteiger partial charge on any atom is 0.0443 e. The topological polar surface area (TPSA) is 23.5 Å². The van der Waals surface area contributed by atoms with Crippen LogP contribution in [-0.2, 0) is 0 Å². The van der Waals surface area contributed by atoms with E-state index in [0.29, 0.717) is 12.6 Å². The van der Waals surface area contributed by atoms with Gasteiger partial charge in [0.25, 0.3) is 0 Å². The van der Waals surface area contributed by atoms with E-state index in [0.717, 1.165) is 13.0 Å². The highest BCUT2D eigenvalue weighted by atomic mass is 16.3. The van der Waals surface area contributed by atoms with Crippen molar-refractivity contribution < 1.29 is 5.11 Å². The molecule has 9 heavy (non-hydrogen) atoms. The van der Waals surface area contributed by atoms with Gasteiger partial charge in [0, 0.05) is 19.2 Å². The van der Waals surface area contributed by atoms with Crippen molar-refractivity contribution >= 4 is 0 Å². The fraction of sp³-hybridized carbons (Fsp3) is 1.00. The maximum absolute atomic E-state index is 8.47. The Bertz CT molecular complexity index is 63.9. The van der Waals surface area contributed by atoms with Gasteiger partial charge in [-0.3, -0.25) is 0 Å². The highest BCUT2D eigenvalue weighted by molar-refractivity contribution is 4.55. The van der Waals surface area contributed by atoms with Gasteiger partial charge in [0.05, 0.1) is 0 Å². The summed E-state index contributed by atoms with van der Waals surface area (Å²) in [6, 6.07) is 0.594. The molecule has 1 N–H and O–H groups in total. The first kappa shape index (κ1) is 8.92. The average Bonchev–Trinajstić information content (AvgIpc) is 1.82. The lowest BCUT2D eigenvalue weighted by Crippen LogP contribution is -2.27. The number of nitrogens with zero attached hydrogens (tertiary/aromatic N) is 1. The largest absolute Gasteiger partial charge is 0.396 e.